The van der Waals surface area contributed by atoms with Crippen molar-refractivity contribution in [2.75, 3.05) is 26.2 Å². The number of fused-ring (bicyclic) bond motifs is 1. The van der Waals surface area contributed by atoms with Crippen LogP contribution in [0.2, 0.25) is 0 Å². The van der Waals surface area contributed by atoms with Crippen molar-refractivity contribution in [3.05, 3.63) is 58.9 Å². The van der Waals surface area contributed by atoms with Crippen molar-refractivity contribution < 1.29 is 23.1 Å². The second-order valence-electron chi connectivity index (χ2n) is 9.94. The molecule has 2 fully saturated rings. The van der Waals surface area contributed by atoms with E-state index in [0.29, 0.717) is 42.4 Å². The van der Waals surface area contributed by atoms with Crippen LogP contribution in [0.3, 0.4) is 0 Å². The number of nitrogens with zero attached hydrogens (tertiary/aromatic N) is 4. The number of pyridine rings is 1. The summed E-state index contributed by atoms with van der Waals surface area (Å²) in [6.07, 6.45) is -0.287. The van der Waals surface area contributed by atoms with Gasteiger partial charge in [0.2, 0.25) is 0 Å². The number of para-hydroxylation sites is 1. The molecule has 5 rings (SSSR count). The van der Waals surface area contributed by atoms with Gasteiger partial charge in [0.05, 0.1) is 5.56 Å². The maximum atomic E-state index is 13.4. The van der Waals surface area contributed by atoms with E-state index in [9.17, 15) is 23.1 Å². The number of urea groups is 1. The maximum Gasteiger partial charge on any atom is 0.417 e. The third kappa shape index (κ3) is 4.70. The van der Waals surface area contributed by atoms with E-state index in [2.05, 4.69) is 16.8 Å². The molecule has 0 radical (unpaired) electrons. The van der Waals surface area contributed by atoms with E-state index in [0.717, 1.165) is 50.2 Å². The molecule has 0 aliphatic carbocycles. The first-order chi connectivity index (χ1) is 16.7. The molecule has 35 heavy (non-hydrogen) atoms. The number of aromatic nitrogens is 1. The van der Waals surface area contributed by atoms with Crippen molar-refractivity contribution in [1.82, 2.24) is 19.7 Å². The number of amides is 2. The number of alkyl halides is 3. The minimum atomic E-state index is -4.45. The molecule has 0 saturated carbocycles. The molecule has 3 aliphatic heterocycles. The third-order valence-corrected chi connectivity index (χ3v) is 7.97. The number of piperidine rings is 1. The Labute approximate surface area is 203 Å². The van der Waals surface area contributed by atoms with Gasteiger partial charge in [-0.15, -0.1) is 0 Å². The molecule has 1 aromatic carbocycles. The Kier molecular flexibility index (Phi) is 6.38. The van der Waals surface area contributed by atoms with E-state index in [1.54, 1.807) is 11.0 Å². The largest absolute Gasteiger partial charge is 0.508 e. The summed E-state index contributed by atoms with van der Waals surface area (Å²) in [5, 5.41) is 10.2. The lowest BCUT2D eigenvalue weighted by molar-refractivity contribution is -0.137. The highest BCUT2D eigenvalue weighted by Gasteiger charge is 2.41. The molecule has 2 saturated heterocycles. The van der Waals surface area contributed by atoms with Crippen molar-refractivity contribution in [2.24, 2.45) is 0 Å². The molecule has 9 heteroatoms. The number of phenols is 1. The van der Waals surface area contributed by atoms with E-state index in [-0.39, 0.29) is 24.7 Å². The number of benzene rings is 1. The normalized spacial score (nSPS) is 24.0. The molecule has 0 spiro atoms. The van der Waals surface area contributed by atoms with Gasteiger partial charge in [-0.05, 0) is 68.5 Å². The summed E-state index contributed by atoms with van der Waals surface area (Å²) in [6, 6.07) is 8.86. The highest BCUT2D eigenvalue weighted by atomic mass is 19.4. The standard InChI is InChI=1S/C26H31F3N4O2/c1-17-23(31-10-6-18(7-11-31)21-4-2-3-5-24(21)34)9-13-33(17)25(35)32-12-8-22-19(16-32)14-20(15-30-22)26(27,28)29/h2-5,14-15,17-18,23,34H,6-13,16H2,1H3/t17-,23+/m0/s1. The number of likely N-dealkylation sites (tertiary alicyclic amines) is 2. The molecular formula is C26H31F3N4O2. The highest BCUT2D eigenvalue weighted by Crippen LogP contribution is 2.36. The fourth-order valence-electron chi connectivity index (χ4n) is 5.98. The first-order valence-electron chi connectivity index (χ1n) is 12.3. The smallest absolute Gasteiger partial charge is 0.417 e. The molecule has 1 N–H and O–H groups in total. The van der Waals surface area contributed by atoms with Crippen molar-refractivity contribution in [3.63, 3.8) is 0 Å². The number of carbonyl (C=O) groups excluding carboxylic acids is 1. The van der Waals surface area contributed by atoms with Gasteiger partial charge < -0.3 is 14.9 Å². The first-order valence-corrected chi connectivity index (χ1v) is 12.3. The summed E-state index contributed by atoms with van der Waals surface area (Å²) in [4.78, 5) is 23.4. The van der Waals surface area contributed by atoms with Crippen LogP contribution in [-0.2, 0) is 19.1 Å². The van der Waals surface area contributed by atoms with Gasteiger partial charge in [0.15, 0.2) is 0 Å². The van der Waals surface area contributed by atoms with Crippen LogP contribution in [0.4, 0.5) is 18.0 Å². The van der Waals surface area contributed by atoms with Gasteiger partial charge in [-0.2, -0.15) is 13.2 Å². The van der Waals surface area contributed by atoms with Crippen LogP contribution in [0.1, 0.15) is 54.5 Å². The number of hydrogen-bond donors (Lipinski definition) is 1. The van der Waals surface area contributed by atoms with Crippen LogP contribution in [0.15, 0.2) is 36.5 Å². The number of carbonyl (C=O) groups is 1. The highest BCUT2D eigenvalue weighted by molar-refractivity contribution is 5.75. The quantitative estimate of drug-likeness (QED) is 0.670. The second kappa shape index (κ2) is 9.33. The number of halogens is 3. The molecule has 2 atom stereocenters. The zero-order valence-corrected chi connectivity index (χ0v) is 19.8. The maximum absolute atomic E-state index is 13.4. The van der Waals surface area contributed by atoms with E-state index >= 15 is 0 Å². The lowest BCUT2D eigenvalue weighted by Gasteiger charge is -2.39. The number of hydrogen-bond acceptors (Lipinski definition) is 4. The minimum absolute atomic E-state index is 0.0326. The second-order valence-corrected chi connectivity index (χ2v) is 9.94. The molecule has 188 valence electrons. The predicted octanol–water partition coefficient (Wildman–Crippen LogP) is 4.63. The molecule has 2 amide bonds. The summed E-state index contributed by atoms with van der Waals surface area (Å²) < 4.78 is 39.4. The Bertz CT molecular complexity index is 1080. The Morgan fingerprint density at radius 1 is 1.09 bits per heavy atom. The van der Waals surface area contributed by atoms with E-state index in [1.165, 1.54) is 0 Å². The monoisotopic (exact) mass is 488 g/mol. The third-order valence-electron chi connectivity index (χ3n) is 7.97. The van der Waals surface area contributed by atoms with Crippen LogP contribution >= 0.6 is 0 Å². The van der Waals surface area contributed by atoms with Gasteiger partial charge in [-0.25, -0.2) is 4.79 Å². The summed E-state index contributed by atoms with van der Waals surface area (Å²) in [6.45, 7) is 5.17. The van der Waals surface area contributed by atoms with Crippen molar-refractivity contribution in [2.45, 2.75) is 63.3 Å². The fourth-order valence-corrected chi connectivity index (χ4v) is 5.98. The van der Waals surface area contributed by atoms with Gasteiger partial charge in [-0.1, -0.05) is 18.2 Å². The zero-order valence-electron chi connectivity index (χ0n) is 19.8. The Morgan fingerprint density at radius 3 is 2.54 bits per heavy atom. The van der Waals surface area contributed by atoms with Crippen molar-refractivity contribution in [1.29, 1.82) is 0 Å². The van der Waals surface area contributed by atoms with Crippen LogP contribution in [0.25, 0.3) is 0 Å². The molecule has 1 aromatic heterocycles. The Morgan fingerprint density at radius 2 is 1.83 bits per heavy atom. The first kappa shape index (κ1) is 23.9. The molecule has 2 aromatic rings. The Hall–Kier alpha value is -2.81. The van der Waals surface area contributed by atoms with Crippen LogP contribution < -0.4 is 0 Å². The van der Waals surface area contributed by atoms with Gasteiger partial charge in [-0.3, -0.25) is 9.88 Å². The van der Waals surface area contributed by atoms with Crippen molar-refractivity contribution >= 4 is 6.03 Å². The number of phenolic OH excluding ortho intramolecular Hbond substituents is 1. The average molecular weight is 489 g/mol. The van der Waals surface area contributed by atoms with Gasteiger partial charge in [0.1, 0.15) is 5.75 Å². The number of aromatic hydroxyl groups is 1. The van der Waals surface area contributed by atoms with Gasteiger partial charge in [0, 0.05) is 50.0 Å². The fraction of sp³-hybridized carbons (Fsp3) is 0.538. The van der Waals surface area contributed by atoms with Crippen LogP contribution in [-0.4, -0.2) is 69.1 Å². The molecule has 4 heterocycles. The lowest BCUT2D eigenvalue weighted by Crippen LogP contribution is -2.51. The molecule has 6 nitrogen and oxygen atoms in total. The molecular weight excluding hydrogens is 457 g/mol. The summed E-state index contributed by atoms with van der Waals surface area (Å²) in [5.74, 6) is 0.697. The zero-order chi connectivity index (χ0) is 24.7. The van der Waals surface area contributed by atoms with E-state index < -0.39 is 11.7 Å². The van der Waals surface area contributed by atoms with Gasteiger partial charge >= 0.3 is 12.2 Å². The topological polar surface area (TPSA) is 59.9 Å². The molecule has 3 aliphatic rings. The number of rotatable bonds is 2. The van der Waals surface area contributed by atoms with Crippen LogP contribution in [0, 0.1) is 0 Å². The van der Waals surface area contributed by atoms with E-state index in [4.69, 9.17) is 0 Å². The predicted molar refractivity (Wildman–Crippen MR) is 125 cm³/mol. The molecule has 0 bridgehead atoms. The summed E-state index contributed by atoms with van der Waals surface area (Å²) >= 11 is 0. The minimum Gasteiger partial charge on any atom is -0.508 e. The lowest BCUT2D eigenvalue weighted by atomic mass is 9.88. The Balaban J connectivity index is 1.20. The van der Waals surface area contributed by atoms with Crippen LogP contribution in [0.5, 0.6) is 5.75 Å². The van der Waals surface area contributed by atoms with Crippen molar-refractivity contribution in [3.8, 4) is 5.75 Å². The molecule has 0 unspecified atom stereocenters. The van der Waals surface area contributed by atoms with E-state index in [1.807, 2.05) is 23.1 Å². The summed E-state index contributed by atoms with van der Waals surface area (Å²) in [7, 11) is 0. The summed E-state index contributed by atoms with van der Waals surface area (Å²) in [5.41, 5.74) is 1.36. The average Bonchev–Trinajstić information content (AvgIpc) is 3.24. The SMILES string of the molecule is C[C@H]1[C@H](N2CCC(c3ccccc3O)CC2)CCN1C(=O)N1CCc2ncc(C(F)(F)F)cc2C1. The van der Waals surface area contributed by atoms with Gasteiger partial charge in [0.25, 0.3) is 0 Å².